The number of aromatic nitrogens is 3. The Morgan fingerprint density at radius 2 is 2.20 bits per heavy atom. The fraction of sp³-hybridized carbons (Fsp3) is 0.500. The van der Waals surface area contributed by atoms with Crippen LogP contribution in [-0.2, 0) is 21.2 Å². The number of hydrogen-bond donors (Lipinski definition) is 0. The van der Waals surface area contributed by atoms with Gasteiger partial charge in [-0.2, -0.15) is 4.98 Å². The average Bonchev–Trinajstić information content (AvgIpc) is 2.98. The number of carbonyl (C=O) groups excluding carboxylic acids is 1. The fourth-order valence-electron chi connectivity index (χ4n) is 2.87. The second-order valence-corrected chi connectivity index (χ2v) is 8.46. The summed E-state index contributed by atoms with van der Waals surface area (Å²) in [6.07, 6.45) is 5.83. The molecule has 0 bridgehead atoms. The summed E-state index contributed by atoms with van der Waals surface area (Å²) in [7, 11) is -1.85. The van der Waals surface area contributed by atoms with Crippen molar-refractivity contribution in [2.24, 2.45) is 0 Å². The zero-order valence-electron chi connectivity index (χ0n) is 14.0. The molecule has 3 heterocycles. The molecule has 3 rings (SSSR count). The van der Waals surface area contributed by atoms with Crippen LogP contribution >= 0.6 is 0 Å². The summed E-state index contributed by atoms with van der Waals surface area (Å²) in [4.78, 5) is 22.2. The fourth-order valence-corrected chi connectivity index (χ4v) is 4.77. The first-order valence-corrected chi connectivity index (χ1v) is 9.88. The summed E-state index contributed by atoms with van der Waals surface area (Å²) in [5, 5.41) is 2.90. The molecule has 1 atom stereocenters. The van der Waals surface area contributed by atoms with Gasteiger partial charge >= 0.3 is 0 Å². The summed E-state index contributed by atoms with van der Waals surface area (Å²) in [6, 6.07) is 3.56. The molecule has 0 spiro atoms. The number of rotatable bonds is 4. The SMILES string of the molecule is CN(Cc1nc(-c2cccnc2)no1)C(=O)C1CCCCCS1(=O)=O. The van der Waals surface area contributed by atoms with Gasteiger partial charge in [0.2, 0.25) is 17.6 Å². The lowest BCUT2D eigenvalue weighted by atomic mass is 10.1. The maximum Gasteiger partial charge on any atom is 0.246 e. The van der Waals surface area contributed by atoms with Crippen LogP contribution in [0.4, 0.5) is 0 Å². The van der Waals surface area contributed by atoms with Gasteiger partial charge in [0.1, 0.15) is 5.25 Å². The van der Waals surface area contributed by atoms with Crippen LogP contribution in [0.2, 0.25) is 0 Å². The Bertz CT molecular complexity index is 835. The van der Waals surface area contributed by atoms with E-state index in [1.807, 2.05) is 0 Å². The normalized spacial score (nSPS) is 20.0. The Morgan fingerprint density at radius 3 is 2.96 bits per heavy atom. The number of nitrogens with zero attached hydrogens (tertiary/aromatic N) is 4. The standard InChI is InChI=1S/C16H20N4O4S/c1-20(16(21)13-7-3-2-4-9-25(13,22)23)11-14-18-15(19-24-14)12-6-5-8-17-10-12/h5-6,8,10,13H,2-4,7,9,11H2,1H3. The molecular weight excluding hydrogens is 344 g/mol. The number of pyridine rings is 1. The molecule has 1 aliphatic rings. The molecule has 0 radical (unpaired) electrons. The monoisotopic (exact) mass is 364 g/mol. The van der Waals surface area contributed by atoms with Crippen LogP contribution in [-0.4, -0.2) is 52.4 Å². The zero-order valence-corrected chi connectivity index (χ0v) is 14.8. The van der Waals surface area contributed by atoms with Crippen molar-refractivity contribution in [2.45, 2.75) is 37.5 Å². The van der Waals surface area contributed by atoms with Crippen LogP contribution in [0.5, 0.6) is 0 Å². The quantitative estimate of drug-likeness (QED) is 0.808. The van der Waals surface area contributed by atoms with E-state index in [0.717, 1.165) is 12.8 Å². The molecule has 9 heteroatoms. The second-order valence-electron chi connectivity index (χ2n) is 6.15. The van der Waals surface area contributed by atoms with Gasteiger partial charge in [0, 0.05) is 25.0 Å². The zero-order chi connectivity index (χ0) is 17.9. The van der Waals surface area contributed by atoms with Crippen LogP contribution in [0, 0.1) is 0 Å². The van der Waals surface area contributed by atoms with Gasteiger partial charge in [-0.15, -0.1) is 0 Å². The van der Waals surface area contributed by atoms with E-state index in [-0.39, 0.29) is 18.2 Å². The molecule has 2 aromatic rings. The smallest absolute Gasteiger partial charge is 0.246 e. The summed E-state index contributed by atoms with van der Waals surface area (Å²) < 4.78 is 29.7. The molecule has 2 aromatic heterocycles. The molecule has 25 heavy (non-hydrogen) atoms. The molecule has 0 N–H and O–H groups in total. The van der Waals surface area contributed by atoms with Crippen LogP contribution < -0.4 is 0 Å². The predicted octanol–water partition coefficient (Wildman–Crippen LogP) is 1.45. The van der Waals surface area contributed by atoms with Crippen LogP contribution in [0.25, 0.3) is 11.4 Å². The van der Waals surface area contributed by atoms with Crippen LogP contribution in [0.3, 0.4) is 0 Å². The first-order valence-electron chi connectivity index (χ1n) is 8.17. The first-order chi connectivity index (χ1) is 12.0. The van der Waals surface area contributed by atoms with Crippen LogP contribution in [0.1, 0.15) is 31.6 Å². The highest BCUT2D eigenvalue weighted by Gasteiger charge is 2.35. The minimum absolute atomic E-state index is 0.0676. The van der Waals surface area contributed by atoms with Gasteiger partial charge in [-0.1, -0.05) is 18.0 Å². The van der Waals surface area contributed by atoms with Crippen molar-refractivity contribution in [1.29, 1.82) is 0 Å². The van der Waals surface area contributed by atoms with Crippen molar-refractivity contribution in [2.75, 3.05) is 12.8 Å². The highest BCUT2D eigenvalue weighted by molar-refractivity contribution is 7.92. The Hall–Kier alpha value is -2.29. The lowest BCUT2D eigenvalue weighted by Gasteiger charge is -2.21. The molecule has 1 aliphatic heterocycles. The maximum atomic E-state index is 12.6. The minimum Gasteiger partial charge on any atom is -0.337 e. The number of carbonyl (C=O) groups is 1. The molecule has 0 aromatic carbocycles. The van der Waals surface area contributed by atoms with E-state index in [4.69, 9.17) is 4.52 Å². The van der Waals surface area contributed by atoms with E-state index in [2.05, 4.69) is 15.1 Å². The minimum atomic E-state index is -3.40. The van der Waals surface area contributed by atoms with Gasteiger partial charge in [-0.25, -0.2) is 8.42 Å². The molecule has 1 saturated heterocycles. The lowest BCUT2D eigenvalue weighted by Crippen LogP contribution is -2.41. The summed E-state index contributed by atoms with van der Waals surface area (Å²) in [5.41, 5.74) is 0.706. The molecule has 0 aliphatic carbocycles. The van der Waals surface area contributed by atoms with E-state index in [0.29, 0.717) is 24.2 Å². The van der Waals surface area contributed by atoms with Crippen molar-refractivity contribution in [3.63, 3.8) is 0 Å². The van der Waals surface area contributed by atoms with Crippen molar-refractivity contribution < 1.29 is 17.7 Å². The molecule has 8 nitrogen and oxygen atoms in total. The van der Waals surface area contributed by atoms with E-state index in [1.54, 1.807) is 31.6 Å². The highest BCUT2D eigenvalue weighted by atomic mass is 32.2. The Morgan fingerprint density at radius 1 is 1.36 bits per heavy atom. The van der Waals surface area contributed by atoms with Gasteiger partial charge < -0.3 is 9.42 Å². The third kappa shape index (κ3) is 4.04. The Labute approximate surface area is 146 Å². The van der Waals surface area contributed by atoms with Gasteiger partial charge in [-0.05, 0) is 25.0 Å². The Kier molecular flexibility index (Phi) is 5.12. The number of sulfone groups is 1. The molecule has 1 fully saturated rings. The molecule has 134 valence electrons. The molecule has 1 amide bonds. The third-order valence-electron chi connectivity index (χ3n) is 4.24. The van der Waals surface area contributed by atoms with E-state index in [1.165, 1.54) is 4.90 Å². The first kappa shape index (κ1) is 17.5. The van der Waals surface area contributed by atoms with E-state index >= 15 is 0 Å². The average molecular weight is 364 g/mol. The number of hydrogen-bond acceptors (Lipinski definition) is 7. The van der Waals surface area contributed by atoms with Crippen molar-refractivity contribution in [1.82, 2.24) is 20.0 Å². The second kappa shape index (κ2) is 7.30. The third-order valence-corrected chi connectivity index (χ3v) is 6.40. The summed E-state index contributed by atoms with van der Waals surface area (Å²) in [6.45, 7) is 0.0676. The Balaban J connectivity index is 1.70. The number of amides is 1. The topological polar surface area (TPSA) is 106 Å². The van der Waals surface area contributed by atoms with E-state index < -0.39 is 21.0 Å². The molecule has 0 saturated carbocycles. The molecular formula is C16H20N4O4S. The van der Waals surface area contributed by atoms with Gasteiger partial charge in [0.15, 0.2) is 9.84 Å². The van der Waals surface area contributed by atoms with Gasteiger partial charge in [0.25, 0.3) is 0 Å². The largest absolute Gasteiger partial charge is 0.337 e. The predicted molar refractivity (Wildman–Crippen MR) is 90.0 cm³/mol. The van der Waals surface area contributed by atoms with Gasteiger partial charge in [0.05, 0.1) is 12.3 Å². The lowest BCUT2D eigenvalue weighted by molar-refractivity contribution is -0.130. The van der Waals surface area contributed by atoms with E-state index in [9.17, 15) is 13.2 Å². The van der Waals surface area contributed by atoms with Crippen molar-refractivity contribution in [3.05, 3.63) is 30.4 Å². The van der Waals surface area contributed by atoms with Crippen molar-refractivity contribution >= 4 is 15.7 Å². The molecule has 1 unspecified atom stereocenters. The highest BCUT2D eigenvalue weighted by Crippen LogP contribution is 2.21. The summed E-state index contributed by atoms with van der Waals surface area (Å²) >= 11 is 0. The van der Waals surface area contributed by atoms with Crippen molar-refractivity contribution in [3.8, 4) is 11.4 Å². The summed E-state index contributed by atoms with van der Waals surface area (Å²) in [5.74, 6) is 0.290. The van der Waals surface area contributed by atoms with Crippen LogP contribution in [0.15, 0.2) is 29.0 Å². The van der Waals surface area contributed by atoms with Gasteiger partial charge in [-0.3, -0.25) is 9.78 Å². The maximum absolute atomic E-state index is 12.6.